The van der Waals surface area contributed by atoms with Gasteiger partial charge >= 0.3 is 0 Å². The molecule has 6 heteroatoms. The molecule has 0 aliphatic heterocycles. The van der Waals surface area contributed by atoms with Gasteiger partial charge < -0.3 is 4.57 Å². The number of fused-ring (bicyclic) bond motifs is 1. The molecule has 0 atom stereocenters. The maximum Gasteiger partial charge on any atom is 0.174 e. The fourth-order valence-electron chi connectivity index (χ4n) is 4.14. The Bertz CT molecular complexity index is 1450. The van der Waals surface area contributed by atoms with Crippen LogP contribution in [0.25, 0.3) is 27.0 Å². The average Bonchev–Trinajstić information content (AvgIpc) is 3.40. The van der Waals surface area contributed by atoms with E-state index >= 15 is 0 Å². The summed E-state index contributed by atoms with van der Waals surface area (Å²) in [6.45, 7) is 6.13. The van der Waals surface area contributed by atoms with Crippen LogP contribution in [0.5, 0.6) is 0 Å². The highest BCUT2D eigenvalue weighted by Gasteiger charge is 2.19. The van der Waals surface area contributed by atoms with Gasteiger partial charge in [0.15, 0.2) is 5.78 Å². The normalized spacial score (nSPS) is 11.2. The first-order valence-electron chi connectivity index (χ1n) is 10.7. The molecule has 3 heterocycles. The number of carbonyl (C=O) groups is 1. The highest BCUT2D eigenvalue weighted by Crippen LogP contribution is 2.38. The van der Waals surface area contributed by atoms with E-state index in [9.17, 15) is 4.79 Å². The van der Waals surface area contributed by atoms with E-state index in [0.29, 0.717) is 5.75 Å². The highest BCUT2D eigenvalue weighted by atomic mass is 32.2. The fraction of sp³-hybridized carbons (Fsp3) is 0.148. The van der Waals surface area contributed by atoms with E-state index in [1.807, 2.05) is 38.1 Å². The molecule has 0 spiro atoms. The van der Waals surface area contributed by atoms with E-state index in [-0.39, 0.29) is 5.78 Å². The molecule has 0 fully saturated rings. The third-order valence-corrected chi connectivity index (χ3v) is 7.66. The van der Waals surface area contributed by atoms with Gasteiger partial charge in [0.25, 0.3) is 0 Å². The third kappa shape index (κ3) is 4.12. The number of thioether (sulfide) groups is 1. The van der Waals surface area contributed by atoms with Gasteiger partial charge in [0.05, 0.1) is 11.1 Å². The minimum absolute atomic E-state index is 0.106. The summed E-state index contributed by atoms with van der Waals surface area (Å²) in [5.41, 5.74) is 7.32. The zero-order valence-corrected chi connectivity index (χ0v) is 20.3. The highest BCUT2D eigenvalue weighted by molar-refractivity contribution is 8.00. The number of rotatable bonds is 6. The Morgan fingerprint density at radius 2 is 1.76 bits per heavy atom. The SMILES string of the molecule is Cc1ccc(-n2c(C)cc(C(=O)CSc3ncnc4scc(-c5ccccc5)c34)c2C)cc1. The average molecular weight is 470 g/mol. The van der Waals surface area contributed by atoms with Gasteiger partial charge in [0.1, 0.15) is 16.2 Å². The Labute approximate surface area is 201 Å². The van der Waals surface area contributed by atoms with Crippen molar-refractivity contribution < 1.29 is 4.79 Å². The van der Waals surface area contributed by atoms with Crippen LogP contribution in [-0.2, 0) is 0 Å². The van der Waals surface area contributed by atoms with Gasteiger partial charge in [0.2, 0.25) is 0 Å². The van der Waals surface area contributed by atoms with Crippen LogP contribution >= 0.6 is 23.1 Å². The van der Waals surface area contributed by atoms with Crippen LogP contribution in [0.15, 0.2) is 77.4 Å². The molecule has 0 saturated heterocycles. The molecule has 5 aromatic rings. The Morgan fingerprint density at radius 1 is 1.00 bits per heavy atom. The van der Waals surface area contributed by atoms with Crippen LogP contribution in [0.1, 0.15) is 27.3 Å². The summed E-state index contributed by atoms with van der Waals surface area (Å²) < 4.78 is 2.15. The molecule has 0 saturated carbocycles. The number of Topliss-reactive ketones (excluding diaryl/α,β-unsaturated/α-hetero) is 1. The largest absolute Gasteiger partial charge is 0.318 e. The monoisotopic (exact) mass is 469 g/mol. The van der Waals surface area contributed by atoms with Crippen molar-refractivity contribution in [2.45, 2.75) is 25.8 Å². The molecular formula is C27H23N3OS2. The molecule has 4 nitrogen and oxygen atoms in total. The molecule has 0 aliphatic rings. The summed E-state index contributed by atoms with van der Waals surface area (Å²) in [5.74, 6) is 0.434. The Kier molecular flexibility index (Phi) is 5.87. The minimum Gasteiger partial charge on any atom is -0.318 e. The molecule has 164 valence electrons. The molecule has 33 heavy (non-hydrogen) atoms. The maximum atomic E-state index is 13.2. The van der Waals surface area contributed by atoms with Crippen LogP contribution < -0.4 is 0 Å². The van der Waals surface area contributed by atoms with Gasteiger partial charge in [-0.05, 0) is 44.5 Å². The Morgan fingerprint density at radius 3 is 2.52 bits per heavy atom. The summed E-state index contributed by atoms with van der Waals surface area (Å²) in [6.07, 6.45) is 1.59. The lowest BCUT2D eigenvalue weighted by Crippen LogP contribution is -2.06. The maximum absolute atomic E-state index is 13.2. The standard InChI is InChI=1S/C27H23N3OS2/c1-17-9-11-21(12-10-17)30-18(2)13-22(19(30)3)24(31)15-33-27-25-23(20-7-5-4-6-8-20)14-32-26(25)28-16-29-27/h4-14,16H,15H2,1-3H3. The molecule has 0 radical (unpaired) electrons. The molecule has 0 bridgehead atoms. The summed E-state index contributed by atoms with van der Waals surface area (Å²) in [7, 11) is 0. The molecule has 3 aromatic heterocycles. The summed E-state index contributed by atoms with van der Waals surface area (Å²) >= 11 is 3.09. The van der Waals surface area contributed by atoms with Crippen LogP contribution in [0, 0.1) is 20.8 Å². The lowest BCUT2D eigenvalue weighted by molar-refractivity contribution is 0.102. The number of nitrogens with zero attached hydrogens (tertiary/aromatic N) is 3. The summed E-state index contributed by atoms with van der Waals surface area (Å²) in [4.78, 5) is 23.2. The topological polar surface area (TPSA) is 47.8 Å². The van der Waals surface area contributed by atoms with Crippen LogP contribution in [0.2, 0.25) is 0 Å². The summed E-state index contributed by atoms with van der Waals surface area (Å²) in [5, 5.41) is 3.99. The number of ketones is 1. The smallest absolute Gasteiger partial charge is 0.174 e. The lowest BCUT2D eigenvalue weighted by atomic mass is 10.1. The number of thiophene rings is 1. The Hall–Kier alpha value is -3.22. The molecule has 0 aliphatic carbocycles. The van der Waals surface area contributed by atoms with Crippen molar-refractivity contribution in [3.05, 3.63) is 94.9 Å². The third-order valence-electron chi connectivity index (χ3n) is 5.78. The molecule has 0 N–H and O–H groups in total. The van der Waals surface area contributed by atoms with E-state index in [4.69, 9.17) is 0 Å². The first kappa shape index (κ1) is 21.6. The van der Waals surface area contributed by atoms with Gasteiger partial charge in [-0.1, -0.05) is 59.8 Å². The second-order valence-corrected chi connectivity index (χ2v) is 9.86. The van der Waals surface area contributed by atoms with Gasteiger partial charge in [-0.2, -0.15) is 0 Å². The number of hydrogen-bond donors (Lipinski definition) is 0. The quantitative estimate of drug-likeness (QED) is 0.152. The second kappa shape index (κ2) is 8.96. The van der Waals surface area contributed by atoms with E-state index in [1.165, 1.54) is 17.3 Å². The van der Waals surface area contributed by atoms with Gasteiger partial charge in [-0.25, -0.2) is 9.97 Å². The Balaban J connectivity index is 1.43. The zero-order valence-electron chi connectivity index (χ0n) is 18.7. The van der Waals surface area contributed by atoms with E-state index in [2.05, 4.69) is 63.2 Å². The molecule has 0 amide bonds. The van der Waals surface area contributed by atoms with Crippen molar-refractivity contribution in [1.82, 2.24) is 14.5 Å². The molecular weight excluding hydrogens is 446 g/mol. The van der Waals surface area contributed by atoms with Crippen molar-refractivity contribution in [2.75, 3.05) is 5.75 Å². The predicted octanol–water partition coefficient (Wildman–Crippen LogP) is 7.05. The number of aromatic nitrogens is 3. The van der Waals surface area contributed by atoms with Crippen LogP contribution in [-0.4, -0.2) is 26.1 Å². The van der Waals surface area contributed by atoms with Gasteiger partial charge in [-0.15, -0.1) is 11.3 Å². The molecule has 2 aromatic carbocycles. The lowest BCUT2D eigenvalue weighted by Gasteiger charge is -2.10. The minimum atomic E-state index is 0.106. The van der Waals surface area contributed by atoms with Crippen molar-refractivity contribution in [3.63, 3.8) is 0 Å². The number of carbonyl (C=O) groups excluding carboxylic acids is 1. The summed E-state index contributed by atoms with van der Waals surface area (Å²) in [6, 6.07) is 20.6. The van der Waals surface area contributed by atoms with E-state index < -0.39 is 0 Å². The van der Waals surface area contributed by atoms with E-state index in [1.54, 1.807) is 17.7 Å². The zero-order chi connectivity index (χ0) is 22.9. The van der Waals surface area contributed by atoms with Crippen molar-refractivity contribution in [3.8, 4) is 16.8 Å². The second-order valence-electron chi connectivity index (χ2n) is 8.04. The van der Waals surface area contributed by atoms with Gasteiger partial charge in [-0.3, -0.25) is 4.79 Å². The molecule has 5 rings (SSSR count). The molecule has 0 unspecified atom stereocenters. The van der Waals surface area contributed by atoms with Crippen molar-refractivity contribution >= 4 is 39.1 Å². The van der Waals surface area contributed by atoms with Crippen LogP contribution in [0.4, 0.5) is 0 Å². The van der Waals surface area contributed by atoms with Gasteiger partial charge in [0, 0.05) is 33.6 Å². The van der Waals surface area contributed by atoms with E-state index in [0.717, 1.165) is 49.0 Å². The predicted molar refractivity (Wildman–Crippen MR) is 138 cm³/mol. The van der Waals surface area contributed by atoms with Crippen molar-refractivity contribution in [2.24, 2.45) is 0 Å². The first-order valence-corrected chi connectivity index (χ1v) is 12.6. The fourth-order valence-corrected chi connectivity index (χ4v) is 6.01. The van der Waals surface area contributed by atoms with Crippen LogP contribution in [0.3, 0.4) is 0 Å². The first-order chi connectivity index (χ1) is 16.0. The number of aryl methyl sites for hydroxylation is 2. The number of hydrogen-bond acceptors (Lipinski definition) is 5. The number of benzene rings is 2. The van der Waals surface area contributed by atoms with Crippen molar-refractivity contribution in [1.29, 1.82) is 0 Å².